The lowest BCUT2D eigenvalue weighted by molar-refractivity contribution is -0.842. The molecule has 3 N–H and O–H groups in total. The van der Waals surface area contributed by atoms with Crippen LogP contribution in [0, 0.1) is 11.3 Å². The Kier molecular flexibility index (Phi) is 4.61. The van der Waals surface area contributed by atoms with Crippen LogP contribution in [0.3, 0.4) is 0 Å². The maximum atomic E-state index is 8.69. The van der Waals surface area contributed by atoms with E-state index in [9.17, 15) is 0 Å². The van der Waals surface area contributed by atoms with Crippen LogP contribution >= 0.6 is 0 Å². The predicted molar refractivity (Wildman–Crippen MR) is 57.1 cm³/mol. The zero-order chi connectivity index (χ0) is 11.1. The van der Waals surface area contributed by atoms with Gasteiger partial charge in [-0.05, 0) is 24.1 Å². The minimum absolute atomic E-state index is 0.465. The SMILES string of the molecule is CO[NH2+]/C=C\C=C1/CNC(C)=C1CC#N. The smallest absolute Gasteiger partial charge is 0.125 e. The van der Waals surface area contributed by atoms with Crippen molar-refractivity contribution >= 4 is 0 Å². The van der Waals surface area contributed by atoms with Gasteiger partial charge >= 0.3 is 0 Å². The minimum atomic E-state index is 0.465. The van der Waals surface area contributed by atoms with Crippen molar-refractivity contribution in [3.63, 3.8) is 0 Å². The largest absolute Gasteiger partial charge is 0.384 e. The summed E-state index contributed by atoms with van der Waals surface area (Å²) in [7, 11) is 1.61. The number of hydrogen-bond donors (Lipinski definition) is 2. The van der Waals surface area contributed by atoms with Gasteiger partial charge < -0.3 is 5.32 Å². The van der Waals surface area contributed by atoms with E-state index in [-0.39, 0.29) is 0 Å². The second kappa shape index (κ2) is 6.02. The predicted octanol–water partition coefficient (Wildman–Crippen LogP) is 0.342. The van der Waals surface area contributed by atoms with Crippen molar-refractivity contribution in [1.82, 2.24) is 5.32 Å². The monoisotopic (exact) mass is 206 g/mol. The second-order valence-electron chi connectivity index (χ2n) is 3.24. The third kappa shape index (κ3) is 3.24. The van der Waals surface area contributed by atoms with Gasteiger partial charge in [0.25, 0.3) is 0 Å². The summed E-state index contributed by atoms with van der Waals surface area (Å²) in [5.41, 5.74) is 5.00. The molecule has 0 bridgehead atoms. The summed E-state index contributed by atoms with van der Waals surface area (Å²) in [5.74, 6) is 0. The molecule has 0 saturated carbocycles. The molecule has 0 aromatic carbocycles. The van der Waals surface area contributed by atoms with Crippen LogP contribution in [0.2, 0.25) is 0 Å². The second-order valence-corrected chi connectivity index (χ2v) is 3.24. The quantitative estimate of drug-likeness (QED) is 0.652. The van der Waals surface area contributed by atoms with Gasteiger partial charge in [-0.15, -0.1) is 0 Å². The Morgan fingerprint density at radius 2 is 2.47 bits per heavy atom. The summed E-state index contributed by atoms with van der Waals surface area (Å²) >= 11 is 0. The molecule has 1 aliphatic rings. The molecule has 15 heavy (non-hydrogen) atoms. The van der Waals surface area contributed by atoms with E-state index in [4.69, 9.17) is 10.1 Å². The van der Waals surface area contributed by atoms with Crippen LogP contribution in [0.5, 0.6) is 0 Å². The molecule has 0 spiro atoms. The Hall–Kier alpha value is -1.57. The van der Waals surface area contributed by atoms with Gasteiger partial charge in [-0.25, -0.2) is 4.84 Å². The molecular weight excluding hydrogens is 190 g/mol. The molecule has 0 fully saturated rings. The summed E-state index contributed by atoms with van der Waals surface area (Å²) in [6.07, 6.45) is 6.21. The van der Waals surface area contributed by atoms with Gasteiger partial charge in [0.1, 0.15) is 6.20 Å². The third-order valence-electron chi connectivity index (χ3n) is 2.26. The van der Waals surface area contributed by atoms with Crippen LogP contribution in [0.1, 0.15) is 13.3 Å². The molecule has 4 heteroatoms. The van der Waals surface area contributed by atoms with Crippen LogP contribution in [0.25, 0.3) is 0 Å². The molecule has 1 heterocycles. The first-order valence-corrected chi connectivity index (χ1v) is 4.82. The number of allylic oxidation sites excluding steroid dienone is 3. The van der Waals surface area contributed by atoms with E-state index < -0.39 is 0 Å². The highest BCUT2D eigenvalue weighted by molar-refractivity contribution is 5.43. The minimum Gasteiger partial charge on any atom is -0.384 e. The normalized spacial score (nSPS) is 18.6. The molecule has 0 unspecified atom stereocenters. The van der Waals surface area contributed by atoms with E-state index in [1.807, 2.05) is 25.3 Å². The molecule has 1 rings (SSSR count). The number of nitrogens with zero attached hydrogens (tertiary/aromatic N) is 1. The van der Waals surface area contributed by atoms with Crippen LogP contribution in [-0.2, 0) is 4.84 Å². The highest BCUT2D eigenvalue weighted by Gasteiger charge is 2.14. The topological polar surface area (TPSA) is 61.7 Å². The lowest BCUT2D eigenvalue weighted by Crippen LogP contribution is -2.75. The molecule has 0 aromatic rings. The van der Waals surface area contributed by atoms with E-state index in [0.29, 0.717) is 6.42 Å². The summed E-state index contributed by atoms with van der Waals surface area (Å²) in [6.45, 7) is 2.80. The van der Waals surface area contributed by atoms with Gasteiger partial charge in [-0.2, -0.15) is 10.7 Å². The summed E-state index contributed by atoms with van der Waals surface area (Å²) < 4.78 is 0. The Balaban J connectivity index is 2.67. The van der Waals surface area contributed by atoms with Gasteiger partial charge in [-0.3, -0.25) is 0 Å². The molecular formula is C11H16N3O+. The van der Waals surface area contributed by atoms with E-state index in [1.165, 1.54) is 5.57 Å². The lowest BCUT2D eigenvalue weighted by atomic mass is 10.0. The standard InChI is InChI=1S/C11H15N3O/c1-9-11(5-6-12)10(8-13-9)4-3-7-14-15-2/h3-4,7,13-14H,5,8H2,1-2H3/p+1/b7-3-,10-4+. The Morgan fingerprint density at radius 3 is 3.13 bits per heavy atom. The summed E-state index contributed by atoms with van der Waals surface area (Å²) in [4.78, 5) is 4.78. The summed E-state index contributed by atoms with van der Waals surface area (Å²) in [6, 6.07) is 2.18. The first-order chi connectivity index (χ1) is 7.29. The van der Waals surface area contributed by atoms with E-state index >= 15 is 0 Å². The number of rotatable bonds is 4. The number of hydroxylamine groups is 1. The van der Waals surface area contributed by atoms with Gasteiger partial charge in [-0.1, -0.05) is 6.08 Å². The zero-order valence-electron chi connectivity index (χ0n) is 9.08. The van der Waals surface area contributed by atoms with Crippen molar-refractivity contribution in [3.05, 3.63) is 35.2 Å². The molecule has 0 amide bonds. The van der Waals surface area contributed by atoms with Crippen LogP contribution < -0.4 is 10.8 Å². The van der Waals surface area contributed by atoms with E-state index in [1.54, 1.807) is 12.6 Å². The Morgan fingerprint density at radius 1 is 1.67 bits per heavy atom. The molecule has 0 radical (unpaired) electrons. The fourth-order valence-electron chi connectivity index (χ4n) is 1.46. The van der Waals surface area contributed by atoms with Crippen molar-refractivity contribution in [2.45, 2.75) is 13.3 Å². The highest BCUT2D eigenvalue weighted by Crippen LogP contribution is 2.22. The number of hydrogen-bond acceptors (Lipinski definition) is 3. The maximum Gasteiger partial charge on any atom is 0.125 e. The molecule has 4 nitrogen and oxygen atoms in total. The lowest BCUT2D eigenvalue weighted by Gasteiger charge is -1.97. The third-order valence-corrected chi connectivity index (χ3v) is 2.26. The molecule has 0 atom stereocenters. The molecule has 1 aliphatic heterocycles. The van der Waals surface area contributed by atoms with Gasteiger partial charge in [0.05, 0.1) is 19.6 Å². The van der Waals surface area contributed by atoms with Crippen LogP contribution in [0.15, 0.2) is 35.2 Å². The van der Waals surface area contributed by atoms with Crippen LogP contribution in [0.4, 0.5) is 0 Å². The van der Waals surface area contributed by atoms with E-state index in [2.05, 4.69) is 11.4 Å². The van der Waals surface area contributed by atoms with Crippen LogP contribution in [-0.4, -0.2) is 13.7 Å². The first kappa shape index (κ1) is 11.5. The summed E-state index contributed by atoms with van der Waals surface area (Å²) in [5, 5.41) is 11.9. The van der Waals surface area contributed by atoms with E-state index in [0.717, 1.165) is 17.8 Å². The highest BCUT2D eigenvalue weighted by atomic mass is 16.6. The van der Waals surface area contributed by atoms with Crippen molar-refractivity contribution in [2.24, 2.45) is 0 Å². The number of quaternary nitrogens is 1. The molecule has 0 saturated heterocycles. The molecule has 0 aromatic heterocycles. The Labute approximate surface area is 89.9 Å². The van der Waals surface area contributed by atoms with Crippen molar-refractivity contribution < 1.29 is 10.3 Å². The Bertz CT molecular complexity index is 347. The fraction of sp³-hybridized carbons (Fsp3) is 0.364. The average Bonchev–Trinajstić information content (AvgIpc) is 2.57. The maximum absolute atomic E-state index is 8.69. The number of nitrogens with one attached hydrogen (secondary N) is 1. The number of nitriles is 1. The van der Waals surface area contributed by atoms with Crippen molar-refractivity contribution in [3.8, 4) is 6.07 Å². The average molecular weight is 206 g/mol. The van der Waals surface area contributed by atoms with Crippen molar-refractivity contribution in [1.29, 1.82) is 5.26 Å². The fourth-order valence-corrected chi connectivity index (χ4v) is 1.46. The van der Waals surface area contributed by atoms with Gasteiger partial charge in [0.2, 0.25) is 0 Å². The molecule has 80 valence electrons. The van der Waals surface area contributed by atoms with Gasteiger partial charge in [0.15, 0.2) is 0 Å². The number of nitrogens with two attached hydrogens (primary N) is 1. The van der Waals surface area contributed by atoms with Gasteiger partial charge in [0, 0.05) is 12.2 Å². The zero-order valence-corrected chi connectivity index (χ0v) is 9.08. The molecule has 0 aliphatic carbocycles. The van der Waals surface area contributed by atoms with Crippen molar-refractivity contribution in [2.75, 3.05) is 13.7 Å². The first-order valence-electron chi connectivity index (χ1n) is 4.82.